The van der Waals surface area contributed by atoms with Crippen LogP contribution < -0.4 is 0 Å². The largest absolute Gasteiger partial charge is 0.465 e. The third kappa shape index (κ3) is 1.85. The van der Waals surface area contributed by atoms with Gasteiger partial charge in [0.15, 0.2) is 5.78 Å². The van der Waals surface area contributed by atoms with E-state index in [1.807, 2.05) is 6.07 Å². The number of Topliss-reactive ketones (excluding diaryl/α,β-unsaturated/α-hetero) is 1. The highest BCUT2D eigenvalue weighted by Gasteiger charge is 2.34. The van der Waals surface area contributed by atoms with Crippen LogP contribution >= 0.6 is 0 Å². The number of hydrogen-bond acceptors (Lipinski definition) is 2. The minimum absolute atomic E-state index is 0.0518. The average Bonchev–Trinajstić information content (AvgIpc) is 2.45. The molecule has 0 N–H and O–H groups in total. The van der Waals surface area contributed by atoms with Crippen molar-refractivity contribution in [2.24, 2.45) is 5.41 Å². The van der Waals surface area contributed by atoms with Crippen LogP contribution in [0, 0.1) is 5.41 Å². The second-order valence-corrected chi connectivity index (χ2v) is 5.58. The third-order valence-electron chi connectivity index (χ3n) is 2.98. The van der Waals surface area contributed by atoms with Gasteiger partial charge in [-0.3, -0.25) is 4.79 Å². The summed E-state index contributed by atoms with van der Waals surface area (Å²) in [4.78, 5) is 11.9. The molecule has 0 fully saturated rings. The van der Waals surface area contributed by atoms with E-state index in [1.54, 1.807) is 0 Å². The van der Waals surface area contributed by atoms with E-state index >= 15 is 0 Å². The predicted octanol–water partition coefficient (Wildman–Crippen LogP) is 3.56. The molecule has 1 aromatic heterocycles. The van der Waals surface area contributed by atoms with E-state index in [2.05, 4.69) is 27.7 Å². The smallest absolute Gasteiger partial charge is 0.166 e. The van der Waals surface area contributed by atoms with Crippen LogP contribution in [-0.4, -0.2) is 5.78 Å². The van der Waals surface area contributed by atoms with Crippen LogP contribution in [0.25, 0.3) is 0 Å². The minimum Gasteiger partial charge on any atom is -0.465 e. The van der Waals surface area contributed by atoms with Gasteiger partial charge in [-0.15, -0.1) is 0 Å². The number of hydrogen-bond donors (Lipinski definition) is 0. The van der Waals surface area contributed by atoms with Gasteiger partial charge in [-0.2, -0.15) is 0 Å². The monoisotopic (exact) mass is 206 g/mol. The van der Waals surface area contributed by atoms with Crippen LogP contribution in [0.15, 0.2) is 10.5 Å². The fourth-order valence-corrected chi connectivity index (χ4v) is 2.13. The van der Waals surface area contributed by atoms with Gasteiger partial charge in [0.25, 0.3) is 0 Å². The van der Waals surface area contributed by atoms with Crippen molar-refractivity contribution in [3.63, 3.8) is 0 Å². The predicted molar refractivity (Wildman–Crippen MR) is 59.2 cm³/mol. The van der Waals surface area contributed by atoms with Gasteiger partial charge in [0.1, 0.15) is 11.5 Å². The van der Waals surface area contributed by atoms with Crippen molar-refractivity contribution in [1.29, 1.82) is 0 Å². The first-order chi connectivity index (χ1) is 6.89. The molecule has 2 nitrogen and oxygen atoms in total. The van der Waals surface area contributed by atoms with Gasteiger partial charge in [0.05, 0.1) is 5.56 Å². The van der Waals surface area contributed by atoms with E-state index in [4.69, 9.17) is 4.42 Å². The summed E-state index contributed by atoms with van der Waals surface area (Å²) in [5.74, 6) is 2.41. The first kappa shape index (κ1) is 10.5. The normalized spacial score (nSPS) is 19.4. The maximum absolute atomic E-state index is 11.9. The summed E-state index contributed by atoms with van der Waals surface area (Å²) in [6.45, 7) is 8.40. The molecular weight excluding hydrogens is 188 g/mol. The molecule has 2 heteroatoms. The summed E-state index contributed by atoms with van der Waals surface area (Å²) in [5, 5.41) is 0. The van der Waals surface area contributed by atoms with Crippen LogP contribution in [0.5, 0.6) is 0 Å². The zero-order chi connectivity index (χ0) is 11.2. The Balaban J connectivity index is 2.43. The Morgan fingerprint density at radius 3 is 2.60 bits per heavy atom. The second-order valence-electron chi connectivity index (χ2n) is 5.58. The van der Waals surface area contributed by atoms with Gasteiger partial charge in [-0.1, -0.05) is 27.7 Å². The van der Waals surface area contributed by atoms with E-state index < -0.39 is 0 Å². The number of carbonyl (C=O) groups excluding carboxylic acids is 1. The first-order valence-corrected chi connectivity index (χ1v) is 5.55. The zero-order valence-electron chi connectivity index (χ0n) is 9.89. The summed E-state index contributed by atoms with van der Waals surface area (Å²) >= 11 is 0. The lowest BCUT2D eigenvalue weighted by Gasteiger charge is -2.26. The Morgan fingerprint density at radius 1 is 1.33 bits per heavy atom. The molecule has 0 atom stereocenters. The number of fused-ring (bicyclic) bond motifs is 1. The molecule has 0 unspecified atom stereocenters. The quantitative estimate of drug-likeness (QED) is 0.703. The van der Waals surface area contributed by atoms with Crippen LogP contribution in [0.4, 0.5) is 0 Å². The van der Waals surface area contributed by atoms with Crippen molar-refractivity contribution < 1.29 is 9.21 Å². The fraction of sp³-hybridized carbons (Fsp3) is 0.615. The van der Waals surface area contributed by atoms with Crippen molar-refractivity contribution >= 4 is 5.78 Å². The van der Waals surface area contributed by atoms with Crippen LogP contribution in [0.1, 0.15) is 61.9 Å². The molecular formula is C13H18O2. The molecule has 0 saturated heterocycles. The van der Waals surface area contributed by atoms with Gasteiger partial charge in [0.2, 0.25) is 0 Å². The van der Waals surface area contributed by atoms with Gasteiger partial charge in [-0.05, 0) is 11.5 Å². The molecule has 82 valence electrons. The van der Waals surface area contributed by atoms with Crippen LogP contribution in [-0.2, 0) is 6.42 Å². The number of carbonyl (C=O) groups is 1. The number of furan rings is 1. The maximum atomic E-state index is 11.9. The summed E-state index contributed by atoms with van der Waals surface area (Å²) in [5.41, 5.74) is 0.869. The Hall–Kier alpha value is -1.05. The van der Waals surface area contributed by atoms with Crippen LogP contribution in [0.3, 0.4) is 0 Å². The summed E-state index contributed by atoms with van der Waals surface area (Å²) in [7, 11) is 0. The molecule has 1 aliphatic carbocycles. The standard InChI is InChI=1S/C13H18O2/c1-8(2)11-5-9-10(14)6-13(3,4)7-12(9)15-11/h5,8H,6-7H2,1-4H3. The minimum atomic E-state index is 0.0518. The van der Waals surface area contributed by atoms with Crippen molar-refractivity contribution in [3.05, 3.63) is 23.2 Å². The molecule has 0 aliphatic heterocycles. The molecule has 2 rings (SSSR count). The molecule has 0 radical (unpaired) electrons. The average molecular weight is 206 g/mol. The zero-order valence-corrected chi connectivity index (χ0v) is 9.89. The Kier molecular flexibility index (Phi) is 2.25. The molecule has 0 bridgehead atoms. The van der Waals surface area contributed by atoms with Crippen LogP contribution in [0.2, 0.25) is 0 Å². The maximum Gasteiger partial charge on any atom is 0.166 e. The molecule has 0 amide bonds. The van der Waals surface area contributed by atoms with Crippen molar-refractivity contribution in [2.45, 2.75) is 46.5 Å². The van der Waals surface area contributed by atoms with Crippen molar-refractivity contribution in [2.75, 3.05) is 0 Å². The Labute approximate surface area is 90.7 Å². The van der Waals surface area contributed by atoms with Crippen molar-refractivity contribution in [3.8, 4) is 0 Å². The van der Waals surface area contributed by atoms with E-state index in [0.717, 1.165) is 23.5 Å². The first-order valence-electron chi connectivity index (χ1n) is 5.55. The molecule has 1 heterocycles. The van der Waals surface area contributed by atoms with Gasteiger partial charge in [-0.25, -0.2) is 0 Å². The summed E-state index contributed by atoms with van der Waals surface area (Å²) < 4.78 is 5.75. The van der Waals surface area contributed by atoms with E-state index in [0.29, 0.717) is 12.3 Å². The molecule has 0 aromatic carbocycles. The topological polar surface area (TPSA) is 30.2 Å². The summed E-state index contributed by atoms with van der Waals surface area (Å²) in [6, 6.07) is 1.93. The SMILES string of the molecule is CC(C)c1cc2c(o1)CC(C)(C)CC2=O. The fourth-order valence-electron chi connectivity index (χ4n) is 2.13. The van der Waals surface area contributed by atoms with Crippen molar-refractivity contribution in [1.82, 2.24) is 0 Å². The Bertz CT molecular complexity index is 397. The highest BCUT2D eigenvalue weighted by molar-refractivity contribution is 5.98. The number of rotatable bonds is 1. The summed E-state index contributed by atoms with van der Waals surface area (Å²) in [6.07, 6.45) is 1.51. The molecule has 0 spiro atoms. The lowest BCUT2D eigenvalue weighted by atomic mass is 9.76. The molecule has 0 saturated carbocycles. The molecule has 15 heavy (non-hydrogen) atoms. The molecule has 1 aliphatic rings. The van der Waals surface area contributed by atoms with E-state index in [9.17, 15) is 4.79 Å². The van der Waals surface area contributed by atoms with Gasteiger partial charge in [0, 0.05) is 18.8 Å². The van der Waals surface area contributed by atoms with E-state index in [-0.39, 0.29) is 11.2 Å². The van der Waals surface area contributed by atoms with Gasteiger partial charge < -0.3 is 4.42 Å². The highest BCUT2D eigenvalue weighted by atomic mass is 16.3. The Morgan fingerprint density at radius 2 is 2.00 bits per heavy atom. The van der Waals surface area contributed by atoms with Gasteiger partial charge >= 0.3 is 0 Å². The highest BCUT2D eigenvalue weighted by Crippen LogP contribution is 2.37. The van der Waals surface area contributed by atoms with E-state index in [1.165, 1.54) is 0 Å². The second kappa shape index (κ2) is 3.22. The molecule has 1 aromatic rings. The lowest BCUT2D eigenvalue weighted by molar-refractivity contribution is 0.0903. The third-order valence-corrected chi connectivity index (χ3v) is 2.98. The lowest BCUT2D eigenvalue weighted by Crippen LogP contribution is -2.25. The number of ketones is 1.